The smallest absolute Gasteiger partial charge is 0.256 e. The summed E-state index contributed by atoms with van der Waals surface area (Å²) in [6, 6.07) is 22.1. The van der Waals surface area contributed by atoms with E-state index in [4.69, 9.17) is 11.6 Å². The van der Waals surface area contributed by atoms with E-state index in [0.29, 0.717) is 33.2 Å². The van der Waals surface area contributed by atoms with Gasteiger partial charge in [0.15, 0.2) is 0 Å². The van der Waals surface area contributed by atoms with Crippen LogP contribution in [-0.2, 0) is 6.42 Å². The van der Waals surface area contributed by atoms with Crippen LogP contribution >= 0.6 is 11.6 Å². The van der Waals surface area contributed by atoms with Crippen molar-refractivity contribution in [2.75, 3.05) is 5.32 Å². The van der Waals surface area contributed by atoms with Crippen molar-refractivity contribution in [1.29, 1.82) is 0 Å². The van der Waals surface area contributed by atoms with E-state index >= 15 is 0 Å². The van der Waals surface area contributed by atoms with Crippen molar-refractivity contribution in [3.63, 3.8) is 0 Å². The normalized spacial score (nSPS) is 10.8. The molecular weight excluding hydrogens is 434 g/mol. The first-order valence-electron chi connectivity index (χ1n) is 10.7. The van der Waals surface area contributed by atoms with Crippen molar-refractivity contribution in [2.24, 2.45) is 0 Å². The van der Waals surface area contributed by atoms with Gasteiger partial charge in [-0.25, -0.2) is 4.68 Å². The van der Waals surface area contributed by atoms with Crippen LogP contribution < -0.4 is 10.7 Å². The van der Waals surface area contributed by atoms with Gasteiger partial charge in [-0.1, -0.05) is 60.5 Å². The second-order valence-corrected chi connectivity index (χ2v) is 8.33. The number of carbonyl (C=O) groups is 1. The third-order valence-electron chi connectivity index (χ3n) is 5.52. The minimum absolute atomic E-state index is 0.252. The number of anilines is 1. The molecular formula is C27H24ClN3O2. The molecule has 1 N–H and O–H groups in total. The number of benzene rings is 3. The monoisotopic (exact) mass is 457 g/mol. The van der Waals surface area contributed by atoms with E-state index in [-0.39, 0.29) is 11.3 Å². The molecule has 1 heterocycles. The second-order valence-electron chi connectivity index (χ2n) is 7.90. The van der Waals surface area contributed by atoms with Gasteiger partial charge in [0.2, 0.25) is 5.43 Å². The molecule has 4 rings (SSSR count). The maximum Gasteiger partial charge on any atom is 0.256 e. The fourth-order valence-corrected chi connectivity index (χ4v) is 3.71. The van der Waals surface area contributed by atoms with Crippen LogP contribution in [0.25, 0.3) is 16.8 Å². The molecule has 0 spiro atoms. The summed E-state index contributed by atoms with van der Waals surface area (Å²) in [6.45, 7) is 5.72. The van der Waals surface area contributed by atoms with Gasteiger partial charge in [0.05, 0.1) is 11.3 Å². The molecule has 0 atom stereocenters. The Morgan fingerprint density at radius 1 is 0.939 bits per heavy atom. The fourth-order valence-electron chi connectivity index (χ4n) is 3.58. The zero-order valence-electron chi connectivity index (χ0n) is 18.7. The molecule has 0 saturated heterocycles. The quantitative estimate of drug-likeness (QED) is 0.400. The molecule has 1 amide bonds. The highest BCUT2D eigenvalue weighted by atomic mass is 35.5. The maximum absolute atomic E-state index is 13.3. The van der Waals surface area contributed by atoms with Gasteiger partial charge in [0.25, 0.3) is 5.91 Å². The number of amides is 1. The molecule has 0 unspecified atom stereocenters. The van der Waals surface area contributed by atoms with Crippen molar-refractivity contribution < 1.29 is 4.79 Å². The molecule has 0 fully saturated rings. The Balaban J connectivity index is 1.93. The van der Waals surface area contributed by atoms with Crippen LogP contribution in [0.4, 0.5) is 5.82 Å². The Morgan fingerprint density at radius 3 is 2.18 bits per heavy atom. The first-order valence-corrected chi connectivity index (χ1v) is 11.1. The number of nitrogens with zero attached hydrogens (tertiary/aromatic N) is 2. The van der Waals surface area contributed by atoms with Gasteiger partial charge >= 0.3 is 0 Å². The predicted octanol–water partition coefficient (Wildman–Crippen LogP) is 5.98. The average Bonchev–Trinajstić information content (AvgIpc) is 2.83. The molecule has 33 heavy (non-hydrogen) atoms. The lowest BCUT2D eigenvalue weighted by Crippen LogP contribution is -2.25. The fraction of sp³-hybridized carbons (Fsp3) is 0.148. The van der Waals surface area contributed by atoms with Crippen LogP contribution in [0.5, 0.6) is 0 Å². The summed E-state index contributed by atoms with van der Waals surface area (Å²) < 4.78 is 1.62. The van der Waals surface area contributed by atoms with Crippen LogP contribution in [-0.4, -0.2) is 15.7 Å². The van der Waals surface area contributed by atoms with Crippen molar-refractivity contribution in [2.45, 2.75) is 27.2 Å². The third-order valence-corrected chi connectivity index (χ3v) is 5.77. The topological polar surface area (TPSA) is 64.0 Å². The number of nitrogens with one attached hydrogen (secondary N) is 1. The number of hydrogen-bond donors (Lipinski definition) is 1. The maximum atomic E-state index is 13.3. The Kier molecular flexibility index (Phi) is 6.43. The molecule has 0 aliphatic carbocycles. The van der Waals surface area contributed by atoms with Crippen molar-refractivity contribution in [3.05, 3.63) is 110 Å². The lowest BCUT2D eigenvalue weighted by Gasteiger charge is -2.19. The molecule has 6 heteroatoms. The van der Waals surface area contributed by atoms with E-state index in [9.17, 15) is 9.59 Å². The molecule has 0 bridgehead atoms. The molecule has 0 saturated carbocycles. The average molecular weight is 458 g/mol. The molecule has 0 aliphatic rings. The Bertz CT molecular complexity index is 1360. The zero-order chi connectivity index (χ0) is 23.5. The van der Waals surface area contributed by atoms with E-state index in [1.54, 1.807) is 48.0 Å². The van der Waals surface area contributed by atoms with Crippen molar-refractivity contribution >= 4 is 23.3 Å². The lowest BCUT2D eigenvalue weighted by molar-refractivity contribution is 0.102. The number of halogens is 1. The van der Waals surface area contributed by atoms with Crippen molar-refractivity contribution in [3.8, 4) is 16.8 Å². The minimum Gasteiger partial charge on any atom is -0.306 e. The van der Waals surface area contributed by atoms with Gasteiger partial charge in [-0.3, -0.25) is 9.59 Å². The summed E-state index contributed by atoms with van der Waals surface area (Å²) in [6.07, 6.45) is 0.907. The van der Waals surface area contributed by atoms with Gasteiger partial charge < -0.3 is 5.32 Å². The van der Waals surface area contributed by atoms with E-state index in [2.05, 4.69) is 17.3 Å². The summed E-state index contributed by atoms with van der Waals surface area (Å²) in [5.74, 6) is -0.0167. The van der Waals surface area contributed by atoms with E-state index < -0.39 is 0 Å². The van der Waals surface area contributed by atoms with Gasteiger partial charge in [-0.15, -0.1) is 0 Å². The van der Waals surface area contributed by atoms with E-state index in [1.165, 1.54) is 5.56 Å². The van der Waals surface area contributed by atoms with Crippen LogP contribution in [0, 0.1) is 13.8 Å². The second kappa shape index (κ2) is 9.43. The summed E-state index contributed by atoms with van der Waals surface area (Å²) in [5, 5.41) is 8.04. The van der Waals surface area contributed by atoms with Gasteiger partial charge in [0, 0.05) is 10.6 Å². The highest BCUT2D eigenvalue weighted by Crippen LogP contribution is 2.29. The molecule has 0 aliphatic heterocycles. The molecule has 166 valence electrons. The molecule has 4 aromatic rings. The van der Waals surface area contributed by atoms with Crippen LogP contribution in [0.3, 0.4) is 0 Å². The lowest BCUT2D eigenvalue weighted by atomic mass is 10.0. The number of carbonyl (C=O) groups excluding carboxylic acids is 1. The Labute approximate surface area is 197 Å². The number of aromatic nitrogens is 2. The van der Waals surface area contributed by atoms with Gasteiger partial charge in [0.1, 0.15) is 11.5 Å². The number of aryl methyl sites for hydroxylation is 3. The van der Waals surface area contributed by atoms with Gasteiger partial charge in [-0.05, 0) is 67.8 Å². The van der Waals surface area contributed by atoms with Crippen LogP contribution in [0.15, 0.2) is 77.6 Å². The summed E-state index contributed by atoms with van der Waals surface area (Å²) in [4.78, 5) is 26.4. The third kappa shape index (κ3) is 4.73. The van der Waals surface area contributed by atoms with Crippen LogP contribution in [0.2, 0.25) is 5.02 Å². The molecule has 3 aromatic carbocycles. The van der Waals surface area contributed by atoms with Gasteiger partial charge in [-0.2, -0.15) is 5.10 Å². The predicted molar refractivity (Wildman–Crippen MR) is 134 cm³/mol. The zero-order valence-corrected chi connectivity index (χ0v) is 19.5. The highest BCUT2D eigenvalue weighted by molar-refractivity contribution is 6.30. The summed E-state index contributed by atoms with van der Waals surface area (Å²) in [5.41, 5.74) is 4.55. The molecule has 1 aromatic heterocycles. The largest absolute Gasteiger partial charge is 0.306 e. The highest BCUT2D eigenvalue weighted by Gasteiger charge is 2.21. The van der Waals surface area contributed by atoms with E-state index in [1.807, 2.05) is 43.3 Å². The van der Waals surface area contributed by atoms with Crippen LogP contribution in [0.1, 0.15) is 34.1 Å². The standard InChI is InChI=1S/C27H24ClN3O2/c1-4-19-7-15-23(16-8-19)31-26(29-27(33)21-9-5-17(2)6-10-21)24(25(32)18(3)30-31)20-11-13-22(28)14-12-20/h5-16H,4H2,1-3H3,(H,29,33). The number of hydrogen-bond acceptors (Lipinski definition) is 3. The minimum atomic E-state index is -0.325. The van der Waals surface area contributed by atoms with Crippen molar-refractivity contribution in [1.82, 2.24) is 9.78 Å². The number of rotatable bonds is 5. The summed E-state index contributed by atoms with van der Waals surface area (Å²) in [7, 11) is 0. The van der Waals surface area contributed by atoms with E-state index in [0.717, 1.165) is 17.7 Å². The first kappa shape index (κ1) is 22.5. The summed E-state index contributed by atoms with van der Waals surface area (Å²) >= 11 is 6.08. The Morgan fingerprint density at radius 2 is 1.58 bits per heavy atom. The Hall–Kier alpha value is -3.70. The molecule has 0 radical (unpaired) electrons. The molecule has 5 nitrogen and oxygen atoms in total. The SMILES string of the molecule is CCc1ccc(-n2nc(C)c(=O)c(-c3ccc(Cl)cc3)c2NC(=O)c2ccc(C)cc2)cc1. The first-order chi connectivity index (χ1) is 15.9.